The Bertz CT molecular complexity index is 367. The van der Waals surface area contributed by atoms with Crippen molar-refractivity contribution in [1.29, 1.82) is 0 Å². The van der Waals surface area contributed by atoms with Crippen LogP contribution in [0.5, 0.6) is 11.5 Å². The van der Waals surface area contributed by atoms with E-state index in [4.69, 9.17) is 26.2 Å². The van der Waals surface area contributed by atoms with E-state index in [1.165, 1.54) is 0 Å². The summed E-state index contributed by atoms with van der Waals surface area (Å²) in [4.78, 5) is 10.5. The summed E-state index contributed by atoms with van der Waals surface area (Å²) in [5.41, 5.74) is 0. The lowest BCUT2D eigenvalue weighted by Crippen LogP contribution is -2.21. The lowest BCUT2D eigenvalue weighted by atomic mass is 10.3. The first-order chi connectivity index (χ1) is 8.15. The molecule has 5 heteroatoms. The highest BCUT2D eigenvalue weighted by atomic mass is 35.5. The van der Waals surface area contributed by atoms with Crippen LogP contribution < -0.4 is 9.47 Å². The van der Waals surface area contributed by atoms with Gasteiger partial charge < -0.3 is 14.6 Å². The largest absolute Gasteiger partial charge is 0.490 e. The van der Waals surface area contributed by atoms with Crippen LogP contribution in [-0.4, -0.2) is 29.7 Å². The Hall–Kier alpha value is -1.42. The van der Waals surface area contributed by atoms with Crippen LogP contribution >= 0.6 is 11.6 Å². The van der Waals surface area contributed by atoms with Crippen LogP contribution in [0.3, 0.4) is 0 Å². The van der Waals surface area contributed by atoms with Crippen LogP contribution in [0.1, 0.15) is 13.3 Å². The zero-order chi connectivity index (χ0) is 12.7. The number of halogens is 1. The van der Waals surface area contributed by atoms with Gasteiger partial charge in [-0.05, 0) is 18.6 Å². The highest BCUT2D eigenvalue weighted by Crippen LogP contribution is 2.26. The van der Waals surface area contributed by atoms with Crippen LogP contribution in [0.15, 0.2) is 24.3 Å². The molecule has 0 fully saturated rings. The Labute approximate surface area is 105 Å². The van der Waals surface area contributed by atoms with Crippen LogP contribution in [0.4, 0.5) is 0 Å². The molecule has 94 valence electrons. The maximum atomic E-state index is 10.5. The van der Waals surface area contributed by atoms with Gasteiger partial charge in [0.25, 0.3) is 0 Å². The Morgan fingerprint density at radius 1 is 1.35 bits per heavy atom. The second kappa shape index (κ2) is 7.01. The minimum atomic E-state index is -1.10. The molecule has 0 heterocycles. The molecule has 1 N–H and O–H groups in total. The molecule has 0 aromatic heterocycles. The third-order valence-corrected chi connectivity index (χ3v) is 2.28. The number of ether oxygens (including phenoxy) is 2. The molecular formula is C12H15ClO4. The number of para-hydroxylation sites is 2. The maximum Gasteiger partial charge on any atom is 0.325 e. The number of carbonyl (C=O) groups is 1. The number of rotatable bonds is 7. The molecule has 0 aliphatic rings. The molecule has 1 rings (SSSR count). The molecule has 1 aromatic rings. The first kappa shape index (κ1) is 13.6. The van der Waals surface area contributed by atoms with Crippen molar-refractivity contribution in [2.75, 3.05) is 13.2 Å². The van der Waals surface area contributed by atoms with Gasteiger partial charge in [-0.3, -0.25) is 4.79 Å². The van der Waals surface area contributed by atoms with Crippen molar-refractivity contribution in [2.45, 2.75) is 18.7 Å². The molecule has 1 unspecified atom stereocenters. The summed E-state index contributed by atoms with van der Waals surface area (Å²) in [5.74, 6) is 0.00933. The number of alkyl halides is 1. The van der Waals surface area contributed by atoms with E-state index in [0.717, 1.165) is 6.42 Å². The summed E-state index contributed by atoms with van der Waals surface area (Å²) in [7, 11) is 0. The van der Waals surface area contributed by atoms with Gasteiger partial charge in [-0.15, -0.1) is 11.6 Å². The van der Waals surface area contributed by atoms with Gasteiger partial charge in [-0.1, -0.05) is 19.1 Å². The van der Waals surface area contributed by atoms with Gasteiger partial charge >= 0.3 is 5.97 Å². The highest BCUT2D eigenvalue weighted by molar-refractivity contribution is 6.29. The first-order valence-corrected chi connectivity index (χ1v) is 5.80. The van der Waals surface area contributed by atoms with Gasteiger partial charge in [0.2, 0.25) is 0 Å². The molecule has 1 atom stereocenters. The Morgan fingerprint density at radius 3 is 2.47 bits per heavy atom. The molecule has 0 aliphatic carbocycles. The molecule has 1 aromatic carbocycles. The summed E-state index contributed by atoms with van der Waals surface area (Å²) < 4.78 is 10.8. The predicted octanol–water partition coefficient (Wildman–Crippen LogP) is 2.55. The second-order valence-corrected chi connectivity index (χ2v) is 3.94. The molecule has 0 spiro atoms. The van der Waals surface area contributed by atoms with Gasteiger partial charge in [-0.25, -0.2) is 0 Å². The minimum Gasteiger partial charge on any atom is -0.490 e. The fourth-order valence-corrected chi connectivity index (χ4v) is 1.20. The van der Waals surface area contributed by atoms with E-state index in [9.17, 15) is 4.79 Å². The zero-order valence-electron chi connectivity index (χ0n) is 9.56. The minimum absolute atomic E-state index is 0.0939. The van der Waals surface area contributed by atoms with Gasteiger partial charge in [0.15, 0.2) is 16.9 Å². The molecule has 0 aliphatic heterocycles. The average Bonchev–Trinajstić information content (AvgIpc) is 2.34. The number of hydrogen-bond donors (Lipinski definition) is 1. The van der Waals surface area contributed by atoms with E-state index >= 15 is 0 Å². The number of hydrogen-bond acceptors (Lipinski definition) is 3. The molecule has 0 saturated carbocycles. The molecule has 0 amide bonds. The SMILES string of the molecule is CCCOc1ccccc1OCC(Cl)C(=O)O. The van der Waals surface area contributed by atoms with Gasteiger partial charge in [-0.2, -0.15) is 0 Å². The summed E-state index contributed by atoms with van der Waals surface area (Å²) in [5, 5.41) is 7.57. The third-order valence-electron chi connectivity index (χ3n) is 1.96. The van der Waals surface area contributed by atoms with Crippen LogP contribution in [0, 0.1) is 0 Å². The van der Waals surface area contributed by atoms with Crippen molar-refractivity contribution in [1.82, 2.24) is 0 Å². The van der Waals surface area contributed by atoms with Gasteiger partial charge in [0.05, 0.1) is 6.61 Å². The van der Waals surface area contributed by atoms with Crippen molar-refractivity contribution in [3.8, 4) is 11.5 Å². The van der Waals surface area contributed by atoms with Gasteiger partial charge in [0.1, 0.15) is 6.61 Å². The smallest absolute Gasteiger partial charge is 0.325 e. The van der Waals surface area contributed by atoms with Crippen molar-refractivity contribution in [3.63, 3.8) is 0 Å². The van der Waals surface area contributed by atoms with E-state index in [-0.39, 0.29) is 6.61 Å². The van der Waals surface area contributed by atoms with Crippen LogP contribution in [-0.2, 0) is 4.79 Å². The molecule has 0 radical (unpaired) electrons. The van der Waals surface area contributed by atoms with E-state index in [1.807, 2.05) is 13.0 Å². The summed E-state index contributed by atoms with van der Waals surface area (Å²) in [6, 6.07) is 7.11. The number of benzene rings is 1. The van der Waals surface area contributed by atoms with Crippen molar-refractivity contribution in [3.05, 3.63) is 24.3 Å². The topological polar surface area (TPSA) is 55.8 Å². The zero-order valence-corrected chi connectivity index (χ0v) is 10.3. The fraction of sp³-hybridized carbons (Fsp3) is 0.417. The quantitative estimate of drug-likeness (QED) is 0.764. The summed E-state index contributed by atoms with van der Waals surface area (Å²) >= 11 is 5.56. The fourth-order valence-electron chi connectivity index (χ4n) is 1.13. The number of aliphatic carboxylic acids is 1. The standard InChI is InChI=1S/C12H15ClO4/c1-2-7-16-10-5-3-4-6-11(10)17-8-9(13)12(14)15/h3-6,9H,2,7-8H2,1H3,(H,14,15). The van der Waals surface area contributed by atoms with Crippen LogP contribution in [0.2, 0.25) is 0 Å². The second-order valence-electron chi connectivity index (χ2n) is 3.41. The Morgan fingerprint density at radius 2 is 1.94 bits per heavy atom. The summed E-state index contributed by atoms with van der Waals surface area (Å²) in [6.07, 6.45) is 0.890. The van der Waals surface area contributed by atoms with Crippen molar-refractivity contribution < 1.29 is 19.4 Å². The molecule has 0 bridgehead atoms. The molecule has 4 nitrogen and oxygen atoms in total. The van der Waals surface area contributed by atoms with Crippen molar-refractivity contribution >= 4 is 17.6 Å². The molecule has 17 heavy (non-hydrogen) atoms. The Balaban J connectivity index is 2.60. The normalized spacial score (nSPS) is 11.9. The maximum absolute atomic E-state index is 10.5. The van der Waals surface area contributed by atoms with E-state index in [0.29, 0.717) is 18.1 Å². The van der Waals surface area contributed by atoms with Crippen LogP contribution in [0.25, 0.3) is 0 Å². The highest BCUT2D eigenvalue weighted by Gasteiger charge is 2.15. The summed E-state index contributed by atoms with van der Waals surface area (Å²) in [6.45, 7) is 2.50. The molecule has 0 saturated heterocycles. The van der Waals surface area contributed by atoms with E-state index < -0.39 is 11.3 Å². The molecular weight excluding hydrogens is 244 g/mol. The third kappa shape index (κ3) is 4.53. The lowest BCUT2D eigenvalue weighted by Gasteiger charge is -2.12. The average molecular weight is 259 g/mol. The predicted molar refractivity (Wildman–Crippen MR) is 65.0 cm³/mol. The first-order valence-electron chi connectivity index (χ1n) is 5.36. The Kier molecular flexibility index (Phi) is 5.63. The lowest BCUT2D eigenvalue weighted by molar-refractivity contribution is -0.137. The number of carboxylic acids is 1. The number of carboxylic acid groups (broad SMARTS) is 1. The van der Waals surface area contributed by atoms with Crippen molar-refractivity contribution in [2.24, 2.45) is 0 Å². The monoisotopic (exact) mass is 258 g/mol. The van der Waals surface area contributed by atoms with Gasteiger partial charge in [0, 0.05) is 0 Å². The van der Waals surface area contributed by atoms with E-state index in [2.05, 4.69) is 0 Å². The van der Waals surface area contributed by atoms with E-state index in [1.54, 1.807) is 18.2 Å².